The van der Waals surface area contributed by atoms with Crippen LogP contribution in [0.5, 0.6) is 0 Å². The van der Waals surface area contributed by atoms with Gasteiger partial charge in [0, 0.05) is 30.6 Å². The van der Waals surface area contributed by atoms with Gasteiger partial charge >= 0.3 is 0 Å². The van der Waals surface area contributed by atoms with Crippen molar-refractivity contribution >= 4 is 35.5 Å². The van der Waals surface area contributed by atoms with E-state index in [1.807, 2.05) is 12.1 Å². The zero-order valence-corrected chi connectivity index (χ0v) is 13.7. The molecule has 1 heterocycles. The molecule has 5 nitrogen and oxygen atoms in total. The van der Waals surface area contributed by atoms with E-state index >= 15 is 0 Å². The molecule has 1 aliphatic heterocycles. The lowest BCUT2D eigenvalue weighted by Crippen LogP contribution is -2.32. The smallest absolute Gasteiger partial charge is 0.283 e. The number of rotatable bonds is 5. The predicted octanol–water partition coefficient (Wildman–Crippen LogP) is 3.34. The summed E-state index contributed by atoms with van der Waals surface area (Å²) in [7, 11) is 0. The lowest BCUT2D eigenvalue weighted by molar-refractivity contribution is -0.387. The topological polar surface area (TPSA) is 66.6 Å². The molecule has 0 radical (unpaired) electrons. The summed E-state index contributed by atoms with van der Waals surface area (Å²) in [4.78, 5) is 13.6. The molecule has 1 fully saturated rings. The van der Waals surface area contributed by atoms with Crippen LogP contribution in [-0.2, 0) is 0 Å². The molecule has 118 valence electrons. The molecule has 7 heteroatoms. The van der Waals surface area contributed by atoms with Crippen LogP contribution in [-0.4, -0.2) is 35.5 Å². The molecule has 0 atom stereocenters. The van der Waals surface area contributed by atoms with Crippen LogP contribution in [0.1, 0.15) is 19.8 Å². The number of aliphatic hydroxyl groups is 1. The lowest BCUT2D eigenvalue weighted by atomic mass is 9.99. The van der Waals surface area contributed by atoms with Crippen LogP contribution in [0, 0.1) is 16.0 Å². The third kappa shape index (κ3) is 4.76. The van der Waals surface area contributed by atoms with E-state index in [0.717, 1.165) is 37.5 Å². The normalized spacial score (nSPS) is 15.6. The van der Waals surface area contributed by atoms with Crippen molar-refractivity contribution in [1.29, 1.82) is 0 Å². The first-order chi connectivity index (χ1) is 9.61. The Kier molecular flexibility index (Phi) is 7.28. The van der Waals surface area contributed by atoms with Gasteiger partial charge in [-0.2, -0.15) is 0 Å². The number of benzene rings is 1. The highest BCUT2D eigenvalue weighted by molar-refractivity contribution is 7.99. The van der Waals surface area contributed by atoms with Crippen molar-refractivity contribution in [2.75, 3.05) is 30.3 Å². The number of thioether (sulfide) groups is 1. The molecule has 0 bridgehead atoms. The third-order valence-electron chi connectivity index (χ3n) is 3.64. The Labute approximate surface area is 135 Å². The quantitative estimate of drug-likeness (QED) is 0.509. The van der Waals surface area contributed by atoms with Gasteiger partial charge in [0.05, 0.1) is 16.4 Å². The Morgan fingerprint density at radius 1 is 1.43 bits per heavy atom. The van der Waals surface area contributed by atoms with E-state index in [-0.39, 0.29) is 29.6 Å². The first-order valence-corrected chi connectivity index (χ1v) is 7.87. The second-order valence-corrected chi connectivity index (χ2v) is 6.29. The fraction of sp³-hybridized carbons (Fsp3) is 0.571. The summed E-state index contributed by atoms with van der Waals surface area (Å²) in [6, 6.07) is 5.29. The molecule has 0 spiro atoms. The summed E-state index contributed by atoms with van der Waals surface area (Å²) < 4.78 is 0. The van der Waals surface area contributed by atoms with Crippen molar-refractivity contribution < 1.29 is 10.0 Å². The summed E-state index contributed by atoms with van der Waals surface area (Å²) in [5.74, 6) is 1.23. The third-order valence-corrected chi connectivity index (χ3v) is 4.66. The molecular weight excluding hydrogens is 312 g/mol. The van der Waals surface area contributed by atoms with Crippen molar-refractivity contribution in [3.63, 3.8) is 0 Å². The number of halogens is 1. The minimum absolute atomic E-state index is 0. The second-order valence-electron chi connectivity index (χ2n) is 5.15. The Balaban J connectivity index is 0.00000220. The van der Waals surface area contributed by atoms with Crippen LogP contribution in [0.3, 0.4) is 0 Å². The van der Waals surface area contributed by atoms with Gasteiger partial charge in [0.2, 0.25) is 0 Å². The summed E-state index contributed by atoms with van der Waals surface area (Å²) in [5.41, 5.74) is 1.17. The van der Waals surface area contributed by atoms with Gasteiger partial charge < -0.3 is 10.0 Å². The van der Waals surface area contributed by atoms with Crippen molar-refractivity contribution in [1.82, 2.24) is 0 Å². The number of nitrogens with zero attached hydrogens (tertiary/aromatic N) is 2. The van der Waals surface area contributed by atoms with Gasteiger partial charge in [-0.3, -0.25) is 10.1 Å². The van der Waals surface area contributed by atoms with E-state index in [2.05, 4.69) is 11.8 Å². The molecule has 0 amide bonds. The van der Waals surface area contributed by atoms with Crippen LogP contribution < -0.4 is 4.90 Å². The number of nitro benzene ring substituents is 1. The summed E-state index contributed by atoms with van der Waals surface area (Å²) >= 11 is 1.34. The number of hydrogen-bond donors (Lipinski definition) is 1. The minimum atomic E-state index is -0.359. The summed E-state index contributed by atoms with van der Waals surface area (Å²) in [6.45, 7) is 4.29. The standard InChI is InChI=1S/C14H20N2O3S.ClH/c1-11-4-6-15(7-5-11)12-2-3-13(16(18)19)14(10-12)20-9-8-17;/h2-3,10-11,17H,4-9H2,1H3;1H. The van der Waals surface area contributed by atoms with Crippen molar-refractivity contribution in [2.45, 2.75) is 24.7 Å². The Morgan fingerprint density at radius 3 is 2.67 bits per heavy atom. The van der Waals surface area contributed by atoms with Crippen LogP contribution in [0.15, 0.2) is 23.1 Å². The largest absolute Gasteiger partial charge is 0.396 e. The first kappa shape index (κ1) is 18.1. The number of nitro groups is 1. The van der Waals surface area contributed by atoms with Gasteiger partial charge in [-0.15, -0.1) is 24.2 Å². The van der Waals surface area contributed by atoms with Gasteiger partial charge in [-0.05, 0) is 30.9 Å². The maximum absolute atomic E-state index is 11.0. The fourth-order valence-corrected chi connectivity index (χ4v) is 3.19. The van der Waals surface area contributed by atoms with Crippen LogP contribution in [0.2, 0.25) is 0 Å². The molecule has 0 saturated carbocycles. The van der Waals surface area contributed by atoms with Crippen molar-refractivity contribution in [3.05, 3.63) is 28.3 Å². The highest BCUT2D eigenvalue weighted by atomic mass is 35.5. The van der Waals surface area contributed by atoms with E-state index in [0.29, 0.717) is 10.6 Å². The van der Waals surface area contributed by atoms with E-state index in [9.17, 15) is 10.1 Å². The first-order valence-electron chi connectivity index (χ1n) is 6.89. The lowest BCUT2D eigenvalue weighted by Gasteiger charge is -2.32. The van der Waals surface area contributed by atoms with Gasteiger partial charge in [-0.1, -0.05) is 6.92 Å². The molecule has 1 aliphatic rings. The molecule has 2 rings (SSSR count). The molecule has 0 aliphatic carbocycles. The number of aliphatic hydroxyl groups excluding tert-OH is 1. The molecule has 0 unspecified atom stereocenters. The van der Waals surface area contributed by atoms with Gasteiger partial charge in [-0.25, -0.2) is 0 Å². The van der Waals surface area contributed by atoms with Crippen LogP contribution >= 0.6 is 24.2 Å². The second kappa shape index (κ2) is 8.46. The maximum Gasteiger partial charge on any atom is 0.283 e. The SMILES string of the molecule is CC1CCN(c2ccc([N+](=O)[O-])c(SCCO)c2)CC1.Cl. The van der Waals surface area contributed by atoms with Crippen molar-refractivity contribution in [3.8, 4) is 0 Å². The monoisotopic (exact) mass is 332 g/mol. The Hall–Kier alpha value is -0.980. The molecule has 1 aromatic carbocycles. The average molecular weight is 333 g/mol. The molecule has 0 aromatic heterocycles. The molecular formula is C14H21ClN2O3S. The fourth-order valence-electron chi connectivity index (χ4n) is 2.39. The van der Waals surface area contributed by atoms with Gasteiger partial charge in [0.1, 0.15) is 0 Å². The zero-order chi connectivity index (χ0) is 14.5. The number of hydrogen-bond acceptors (Lipinski definition) is 5. The van der Waals surface area contributed by atoms with E-state index in [4.69, 9.17) is 5.11 Å². The molecule has 21 heavy (non-hydrogen) atoms. The summed E-state index contributed by atoms with van der Waals surface area (Å²) in [5, 5.41) is 19.9. The molecule has 1 N–H and O–H groups in total. The predicted molar refractivity (Wildman–Crippen MR) is 88.8 cm³/mol. The van der Waals surface area contributed by atoms with Crippen molar-refractivity contribution in [2.24, 2.45) is 5.92 Å². The van der Waals surface area contributed by atoms with E-state index < -0.39 is 0 Å². The highest BCUT2D eigenvalue weighted by Gasteiger charge is 2.20. The zero-order valence-electron chi connectivity index (χ0n) is 12.0. The highest BCUT2D eigenvalue weighted by Crippen LogP contribution is 2.34. The Bertz CT molecular complexity index is 479. The molecule has 1 aromatic rings. The maximum atomic E-state index is 11.0. The average Bonchev–Trinajstić information content (AvgIpc) is 2.45. The number of piperidine rings is 1. The number of anilines is 1. The van der Waals surface area contributed by atoms with Gasteiger partial charge in [0.25, 0.3) is 5.69 Å². The summed E-state index contributed by atoms with van der Waals surface area (Å²) in [6.07, 6.45) is 2.33. The van der Waals surface area contributed by atoms with Gasteiger partial charge in [0.15, 0.2) is 0 Å². The van der Waals surface area contributed by atoms with Crippen LogP contribution in [0.4, 0.5) is 11.4 Å². The molecule has 1 saturated heterocycles. The van der Waals surface area contributed by atoms with E-state index in [1.54, 1.807) is 6.07 Å². The minimum Gasteiger partial charge on any atom is -0.396 e. The van der Waals surface area contributed by atoms with Crippen LogP contribution in [0.25, 0.3) is 0 Å². The van der Waals surface area contributed by atoms with E-state index in [1.165, 1.54) is 11.8 Å². The Morgan fingerprint density at radius 2 is 2.10 bits per heavy atom.